The molecular formula is C13H19N3O2. The van der Waals surface area contributed by atoms with Crippen LogP contribution in [0.15, 0.2) is 24.5 Å². The van der Waals surface area contributed by atoms with Crippen molar-refractivity contribution in [3.63, 3.8) is 0 Å². The van der Waals surface area contributed by atoms with Crippen molar-refractivity contribution < 1.29 is 9.59 Å². The number of pyridine rings is 1. The van der Waals surface area contributed by atoms with Gasteiger partial charge in [-0.2, -0.15) is 0 Å². The normalized spacial score (nSPS) is 12.0. The molecule has 5 heteroatoms. The highest BCUT2D eigenvalue weighted by molar-refractivity contribution is 5.86. The van der Waals surface area contributed by atoms with Crippen molar-refractivity contribution in [1.29, 1.82) is 0 Å². The van der Waals surface area contributed by atoms with Crippen LogP contribution in [-0.4, -0.2) is 22.8 Å². The molecule has 0 aliphatic carbocycles. The van der Waals surface area contributed by atoms with Gasteiger partial charge in [0.05, 0.1) is 0 Å². The first-order valence-corrected chi connectivity index (χ1v) is 5.94. The maximum atomic E-state index is 11.9. The van der Waals surface area contributed by atoms with Gasteiger partial charge in [0.2, 0.25) is 11.8 Å². The predicted octanol–water partition coefficient (Wildman–Crippen LogP) is 0.858. The molecule has 1 aromatic heterocycles. The molecule has 98 valence electrons. The van der Waals surface area contributed by atoms with E-state index in [4.69, 9.17) is 0 Å². The molecule has 0 saturated carbocycles. The monoisotopic (exact) mass is 249 g/mol. The lowest BCUT2D eigenvalue weighted by molar-refractivity contribution is -0.129. The summed E-state index contributed by atoms with van der Waals surface area (Å²) in [5.74, 6) is -0.336. The third kappa shape index (κ3) is 4.53. The van der Waals surface area contributed by atoms with Crippen molar-refractivity contribution in [3.05, 3.63) is 30.1 Å². The van der Waals surface area contributed by atoms with Crippen LogP contribution < -0.4 is 10.6 Å². The summed E-state index contributed by atoms with van der Waals surface area (Å²) >= 11 is 0. The number of hydrogen-bond donors (Lipinski definition) is 2. The van der Waals surface area contributed by atoms with Crippen molar-refractivity contribution in [2.24, 2.45) is 5.92 Å². The van der Waals surface area contributed by atoms with Crippen molar-refractivity contribution in [3.8, 4) is 0 Å². The Morgan fingerprint density at radius 2 is 2.11 bits per heavy atom. The maximum absolute atomic E-state index is 11.9. The molecule has 1 atom stereocenters. The van der Waals surface area contributed by atoms with E-state index in [1.807, 2.05) is 26.0 Å². The summed E-state index contributed by atoms with van der Waals surface area (Å²) in [4.78, 5) is 27.0. The summed E-state index contributed by atoms with van der Waals surface area (Å²) in [6.45, 7) is 5.60. The molecule has 0 aromatic carbocycles. The lowest BCUT2D eigenvalue weighted by Gasteiger charge is -2.20. The molecule has 0 bridgehead atoms. The molecular weight excluding hydrogens is 230 g/mol. The minimum absolute atomic E-state index is 0.0443. The number of nitrogens with zero attached hydrogens (tertiary/aromatic N) is 1. The topological polar surface area (TPSA) is 71.1 Å². The van der Waals surface area contributed by atoms with Crippen LogP contribution in [0.2, 0.25) is 0 Å². The van der Waals surface area contributed by atoms with Gasteiger partial charge in [-0.15, -0.1) is 0 Å². The molecule has 0 radical (unpaired) electrons. The highest BCUT2D eigenvalue weighted by Gasteiger charge is 2.22. The van der Waals surface area contributed by atoms with Gasteiger partial charge in [0, 0.05) is 25.9 Å². The van der Waals surface area contributed by atoms with E-state index in [0.717, 1.165) is 5.56 Å². The fraction of sp³-hybridized carbons (Fsp3) is 0.462. The highest BCUT2D eigenvalue weighted by atomic mass is 16.2. The minimum atomic E-state index is -0.501. The van der Waals surface area contributed by atoms with Crippen LogP contribution in [0.5, 0.6) is 0 Å². The van der Waals surface area contributed by atoms with Crippen LogP contribution in [0.1, 0.15) is 26.3 Å². The van der Waals surface area contributed by atoms with Crippen molar-refractivity contribution >= 4 is 11.8 Å². The van der Waals surface area contributed by atoms with Crippen molar-refractivity contribution in [2.75, 3.05) is 0 Å². The van der Waals surface area contributed by atoms with Crippen LogP contribution >= 0.6 is 0 Å². The van der Waals surface area contributed by atoms with Gasteiger partial charge >= 0.3 is 0 Å². The van der Waals surface area contributed by atoms with Crippen LogP contribution in [0, 0.1) is 5.92 Å². The van der Waals surface area contributed by atoms with E-state index in [9.17, 15) is 9.59 Å². The van der Waals surface area contributed by atoms with E-state index in [1.54, 1.807) is 12.4 Å². The molecule has 0 spiro atoms. The van der Waals surface area contributed by atoms with E-state index in [1.165, 1.54) is 6.92 Å². The Bertz CT molecular complexity index is 404. The van der Waals surface area contributed by atoms with Crippen LogP contribution in [-0.2, 0) is 16.1 Å². The van der Waals surface area contributed by atoms with Gasteiger partial charge < -0.3 is 10.6 Å². The van der Waals surface area contributed by atoms with Gasteiger partial charge in [0.15, 0.2) is 0 Å². The first-order chi connectivity index (χ1) is 8.50. The third-order valence-electron chi connectivity index (χ3n) is 2.50. The summed E-state index contributed by atoms with van der Waals surface area (Å²) in [6.07, 6.45) is 3.38. The Morgan fingerprint density at radius 1 is 1.39 bits per heavy atom. The number of hydrogen-bond acceptors (Lipinski definition) is 3. The molecule has 2 amide bonds. The molecule has 0 saturated heterocycles. The highest BCUT2D eigenvalue weighted by Crippen LogP contribution is 2.03. The Balaban J connectivity index is 2.54. The zero-order chi connectivity index (χ0) is 13.5. The summed E-state index contributed by atoms with van der Waals surface area (Å²) < 4.78 is 0. The van der Waals surface area contributed by atoms with Gasteiger partial charge in [-0.1, -0.05) is 19.9 Å². The Labute approximate surface area is 107 Å². The zero-order valence-corrected chi connectivity index (χ0v) is 10.9. The van der Waals surface area contributed by atoms with Crippen LogP contribution in [0.4, 0.5) is 0 Å². The predicted molar refractivity (Wildman–Crippen MR) is 68.5 cm³/mol. The summed E-state index contributed by atoms with van der Waals surface area (Å²) in [7, 11) is 0. The first kappa shape index (κ1) is 14.2. The molecule has 0 aliphatic rings. The second-order valence-electron chi connectivity index (χ2n) is 4.50. The molecule has 5 nitrogen and oxygen atoms in total. The number of carbonyl (C=O) groups is 2. The summed E-state index contributed by atoms with van der Waals surface area (Å²) in [6, 6.07) is 3.20. The van der Waals surface area contributed by atoms with E-state index in [-0.39, 0.29) is 17.7 Å². The lowest BCUT2D eigenvalue weighted by atomic mass is 10.0. The smallest absolute Gasteiger partial charge is 0.243 e. The number of aromatic nitrogens is 1. The second-order valence-corrected chi connectivity index (χ2v) is 4.50. The largest absolute Gasteiger partial charge is 0.350 e. The van der Waals surface area contributed by atoms with E-state index in [0.29, 0.717) is 6.54 Å². The van der Waals surface area contributed by atoms with E-state index >= 15 is 0 Å². The average Bonchev–Trinajstić information content (AvgIpc) is 2.34. The van der Waals surface area contributed by atoms with Gasteiger partial charge in [0.25, 0.3) is 0 Å². The molecule has 18 heavy (non-hydrogen) atoms. The average molecular weight is 249 g/mol. The van der Waals surface area contributed by atoms with Crippen LogP contribution in [0.3, 0.4) is 0 Å². The molecule has 0 fully saturated rings. The molecule has 1 rings (SSSR count). The third-order valence-corrected chi connectivity index (χ3v) is 2.50. The van der Waals surface area contributed by atoms with E-state index in [2.05, 4.69) is 15.6 Å². The van der Waals surface area contributed by atoms with Crippen molar-refractivity contribution in [1.82, 2.24) is 15.6 Å². The van der Waals surface area contributed by atoms with E-state index < -0.39 is 6.04 Å². The standard InChI is InChI=1S/C13H19N3O2/c1-9(2)12(16-10(3)17)13(18)15-8-11-5-4-6-14-7-11/h4-7,9,12H,8H2,1-3H3,(H,15,18)(H,16,17). The number of carbonyl (C=O) groups excluding carboxylic acids is 2. The Hall–Kier alpha value is -1.91. The number of amides is 2. The number of nitrogens with one attached hydrogen (secondary N) is 2. The number of rotatable bonds is 5. The lowest BCUT2D eigenvalue weighted by Crippen LogP contribution is -2.48. The summed E-state index contributed by atoms with van der Waals surface area (Å²) in [5, 5.41) is 5.44. The SMILES string of the molecule is CC(=O)NC(C(=O)NCc1cccnc1)C(C)C. The molecule has 1 aromatic rings. The zero-order valence-electron chi connectivity index (χ0n) is 10.9. The summed E-state index contributed by atoms with van der Waals surface area (Å²) in [5.41, 5.74) is 0.927. The molecule has 1 heterocycles. The fourth-order valence-electron chi connectivity index (χ4n) is 1.56. The minimum Gasteiger partial charge on any atom is -0.350 e. The first-order valence-electron chi connectivity index (χ1n) is 5.94. The quantitative estimate of drug-likeness (QED) is 0.813. The van der Waals surface area contributed by atoms with Crippen molar-refractivity contribution in [2.45, 2.75) is 33.4 Å². The van der Waals surface area contributed by atoms with Crippen LogP contribution in [0.25, 0.3) is 0 Å². The Kier molecular flexibility index (Phi) is 5.30. The van der Waals surface area contributed by atoms with Gasteiger partial charge in [0.1, 0.15) is 6.04 Å². The molecule has 1 unspecified atom stereocenters. The van der Waals surface area contributed by atoms with Gasteiger partial charge in [-0.25, -0.2) is 0 Å². The fourth-order valence-corrected chi connectivity index (χ4v) is 1.56. The maximum Gasteiger partial charge on any atom is 0.243 e. The second kappa shape index (κ2) is 6.74. The molecule has 0 aliphatic heterocycles. The van der Waals surface area contributed by atoms with Gasteiger partial charge in [-0.3, -0.25) is 14.6 Å². The molecule has 2 N–H and O–H groups in total. The Morgan fingerprint density at radius 3 is 2.61 bits per heavy atom. The van der Waals surface area contributed by atoms with Gasteiger partial charge in [-0.05, 0) is 17.5 Å².